The normalized spacial score (nSPS) is 10.8. The number of nitrogens with one attached hydrogen (secondary N) is 1. The van der Waals surface area contributed by atoms with Crippen LogP contribution in [-0.2, 0) is 23.2 Å². The van der Waals surface area contributed by atoms with Gasteiger partial charge in [-0.15, -0.1) is 5.10 Å². The molecule has 0 aliphatic carbocycles. The van der Waals surface area contributed by atoms with Crippen molar-refractivity contribution in [2.45, 2.75) is 13.0 Å². The number of carbonyl (C=O) groups is 2. The fourth-order valence-electron chi connectivity index (χ4n) is 5.04. The van der Waals surface area contributed by atoms with Crippen LogP contribution >= 0.6 is 11.6 Å². The Morgan fingerprint density at radius 3 is 2.24 bits per heavy atom. The Hall–Kier alpha value is -6.26. The standard InChI is InChI=1S/C19H18ClN3O4.C18H12F5N3O/c1-25-19(24)23(26-2)17-6-4-3-5-14(17)13-27-18-11-12-22(21-18)16-9-7-15(20)8-10-16;1-26-8-11(16(25-26)17(22)23)18(27)24-14-5-3-2-4-10(14)9-6-12(19)15(21)13(20)7-9/h3-12H,13H2,1-2H3;2-8,17H,1H3,(H,24,27). The van der Waals surface area contributed by atoms with Gasteiger partial charge in [-0.05, 0) is 54.1 Å². The van der Waals surface area contributed by atoms with E-state index in [2.05, 4.69) is 15.5 Å². The molecule has 280 valence electrons. The van der Waals surface area contributed by atoms with E-state index >= 15 is 0 Å². The maximum absolute atomic E-state index is 13.5. The van der Waals surface area contributed by atoms with Gasteiger partial charge in [0.25, 0.3) is 12.3 Å². The van der Waals surface area contributed by atoms with Crippen molar-refractivity contribution in [1.29, 1.82) is 0 Å². The number of hydroxylamine groups is 1. The maximum Gasteiger partial charge on any atom is 0.438 e. The molecule has 0 aliphatic rings. The molecule has 6 rings (SSSR count). The zero-order chi connectivity index (χ0) is 38.9. The third-order valence-electron chi connectivity index (χ3n) is 7.54. The van der Waals surface area contributed by atoms with Gasteiger partial charge in [0.2, 0.25) is 5.88 Å². The monoisotopic (exact) mass is 768 g/mol. The van der Waals surface area contributed by atoms with E-state index in [1.165, 1.54) is 39.5 Å². The lowest BCUT2D eigenvalue weighted by Crippen LogP contribution is -2.30. The Morgan fingerprint density at radius 2 is 1.57 bits per heavy atom. The van der Waals surface area contributed by atoms with Crippen LogP contribution in [0.15, 0.2) is 103 Å². The molecule has 0 unspecified atom stereocenters. The summed E-state index contributed by atoms with van der Waals surface area (Å²) < 4.78 is 79.6. The first-order valence-electron chi connectivity index (χ1n) is 15.7. The van der Waals surface area contributed by atoms with Crippen molar-refractivity contribution in [3.8, 4) is 22.7 Å². The van der Waals surface area contributed by atoms with Crippen LogP contribution in [0.2, 0.25) is 5.02 Å². The van der Waals surface area contributed by atoms with E-state index in [-0.39, 0.29) is 29.0 Å². The molecule has 1 N–H and O–H groups in total. The molecule has 54 heavy (non-hydrogen) atoms. The van der Waals surface area contributed by atoms with E-state index in [0.29, 0.717) is 16.6 Å². The zero-order valence-corrected chi connectivity index (χ0v) is 29.4. The second-order valence-electron chi connectivity index (χ2n) is 11.1. The second kappa shape index (κ2) is 17.5. The molecule has 0 aliphatic heterocycles. The molecule has 0 saturated heterocycles. The number of hydrogen-bond acceptors (Lipinski definition) is 7. The number of benzene rings is 4. The van der Waals surface area contributed by atoms with Gasteiger partial charge in [0.05, 0.1) is 31.2 Å². The highest BCUT2D eigenvalue weighted by Crippen LogP contribution is 2.31. The SMILES string of the molecule is COC(=O)N(OC)c1ccccc1COc1ccn(-c2ccc(Cl)cc2)n1.Cn1cc(C(=O)Nc2ccccc2-c2cc(F)c(F)c(F)c2)c(C(F)F)n1. The highest BCUT2D eigenvalue weighted by atomic mass is 35.5. The van der Waals surface area contributed by atoms with E-state index in [1.807, 2.05) is 24.3 Å². The summed E-state index contributed by atoms with van der Waals surface area (Å²) in [6, 6.07) is 23.8. The van der Waals surface area contributed by atoms with Crippen LogP contribution in [0.4, 0.5) is 38.1 Å². The molecule has 2 aromatic heterocycles. The van der Waals surface area contributed by atoms with Crippen molar-refractivity contribution in [2.24, 2.45) is 7.05 Å². The largest absolute Gasteiger partial charge is 0.472 e. The Kier molecular flexibility index (Phi) is 12.6. The molecule has 6 aromatic rings. The summed E-state index contributed by atoms with van der Waals surface area (Å²) in [6.45, 7) is 0.199. The average molecular weight is 769 g/mol. The van der Waals surface area contributed by atoms with Crippen LogP contribution in [0.5, 0.6) is 5.88 Å². The molecule has 0 bridgehead atoms. The lowest BCUT2D eigenvalue weighted by molar-refractivity contribution is 0.101. The number of alkyl halides is 2. The summed E-state index contributed by atoms with van der Waals surface area (Å²) in [5, 5.41) is 12.1. The van der Waals surface area contributed by atoms with E-state index < -0.39 is 41.6 Å². The predicted octanol–water partition coefficient (Wildman–Crippen LogP) is 8.93. The van der Waals surface area contributed by atoms with Gasteiger partial charge < -0.3 is 14.8 Å². The van der Waals surface area contributed by atoms with Gasteiger partial charge in [-0.3, -0.25) is 14.3 Å². The van der Waals surface area contributed by atoms with Crippen molar-refractivity contribution < 1.29 is 45.9 Å². The van der Waals surface area contributed by atoms with Crippen LogP contribution in [0.1, 0.15) is 28.0 Å². The zero-order valence-electron chi connectivity index (χ0n) is 28.6. The first-order valence-corrected chi connectivity index (χ1v) is 16.1. The minimum Gasteiger partial charge on any atom is -0.472 e. The van der Waals surface area contributed by atoms with E-state index in [1.54, 1.807) is 47.3 Å². The number of halogens is 6. The third-order valence-corrected chi connectivity index (χ3v) is 7.80. The Bertz CT molecular complexity index is 2230. The van der Waals surface area contributed by atoms with Crippen molar-refractivity contribution in [3.63, 3.8) is 0 Å². The molecule has 11 nitrogen and oxygen atoms in total. The van der Waals surface area contributed by atoms with Crippen LogP contribution in [0, 0.1) is 17.5 Å². The van der Waals surface area contributed by atoms with Crippen molar-refractivity contribution in [3.05, 3.63) is 143 Å². The summed E-state index contributed by atoms with van der Waals surface area (Å²) in [7, 11) is 4.07. The number of hydrogen-bond donors (Lipinski definition) is 1. The first kappa shape index (κ1) is 39.0. The molecule has 0 saturated carbocycles. The lowest BCUT2D eigenvalue weighted by atomic mass is 10.0. The number of ether oxygens (including phenoxy) is 2. The lowest BCUT2D eigenvalue weighted by Gasteiger charge is -2.20. The number of nitrogens with zero attached hydrogens (tertiary/aromatic N) is 5. The topological polar surface area (TPSA) is 113 Å². The smallest absolute Gasteiger partial charge is 0.438 e. The van der Waals surface area contributed by atoms with Crippen LogP contribution in [0.25, 0.3) is 16.8 Å². The van der Waals surface area contributed by atoms with Gasteiger partial charge in [-0.1, -0.05) is 48.0 Å². The minimum absolute atomic E-state index is 0.0254. The van der Waals surface area contributed by atoms with E-state index in [9.17, 15) is 31.5 Å². The molecule has 0 fully saturated rings. The molecule has 2 amide bonds. The summed E-state index contributed by atoms with van der Waals surface area (Å²) in [6.07, 6.45) is -0.656. The number of rotatable bonds is 10. The number of amides is 2. The molecule has 2 heterocycles. The fraction of sp³-hybridized carbons (Fsp3) is 0.135. The van der Waals surface area contributed by atoms with Crippen molar-refractivity contribution >= 4 is 35.0 Å². The van der Waals surface area contributed by atoms with Crippen molar-refractivity contribution in [2.75, 3.05) is 24.6 Å². The highest BCUT2D eigenvalue weighted by Gasteiger charge is 2.24. The van der Waals surface area contributed by atoms with Gasteiger partial charge in [-0.2, -0.15) is 10.2 Å². The predicted molar refractivity (Wildman–Crippen MR) is 189 cm³/mol. The molecular formula is C37H30ClF5N6O5. The van der Waals surface area contributed by atoms with Crippen LogP contribution < -0.4 is 15.1 Å². The minimum atomic E-state index is -2.96. The summed E-state index contributed by atoms with van der Waals surface area (Å²) in [5.41, 5.74) is 1.39. The molecular weight excluding hydrogens is 739 g/mol. The number of methoxy groups -OCH3 is 1. The summed E-state index contributed by atoms with van der Waals surface area (Å²) in [4.78, 5) is 29.4. The molecule has 0 spiro atoms. The molecule has 0 atom stereocenters. The number of aryl methyl sites for hydroxylation is 1. The summed E-state index contributed by atoms with van der Waals surface area (Å²) >= 11 is 5.91. The molecule has 4 aromatic carbocycles. The van der Waals surface area contributed by atoms with Gasteiger partial charge in [0.15, 0.2) is 17.5 Å². The maximum atomic E-state index is 13.5. The quantitative estimate of drug-likeness (QED) is 0.0842. The first-order chi connectivity index (χ1) is 25.9. The van der Waals surface area contributed by atoms with E-state index in [4.69, 9.17) is 25.9 Å². The number of carbonyl (C=O) groups excluding carboxylic acids is 2. The Labute approximate surface area is 310 Å². The second-order valence-corrected chi connectivity index (χ2v) is 11.5. The van der Waals surface area contributed by atoms with Gasteiger partial charge in [0.1, 0.15) is 12.3 Å². The number of anilines is 2. The average Bonchev–Trinajstić information content (AvgIpc) is 3.81. The number of para-hydroxylation sites is 2. The molecule has 0 radical (unpaired) electrons. The van der Waals surface area contributed by atoms with Crippen LogP contribution in [-0.4, -0.2) is 45.8 Å². The van der Waals surface area contributed by atoms with Gasteiger partial charge >= 0.3 is 6.09 Å². The Balaban J connectivity index is 0.000000208. The number of aromatic nitrogens is 4. The third kappa shape index (κ3) is 9.20. The van der Waals surface area contributed by atoms with Crippen molar-refractivity contribution in [1.82, 2.24) is 19.6 Å². The van der Waals surface area contributed by atoms with Gasteiger partial charge in [-0.25, -0.2) is 31.4 Å². The Morgan fingerprint density at radius 1 is 0.907 bits per heavy atom. The van der Waals surface area contributed by atoms with E-state index in [0.717, 1.165) is 39.3 Å². The molecule has 17 heteroatoms. The van der Waals surface area contributed by atoms with Gasteiger partial charge in [0, 0.05) is 47.3 Å². The highest BCUT2D eigenvalue weighted by molar-refractivity contribution is 6.30. The van der Waals surface area contributed by atoms with Crippen LogP contribution in [0.3, 0.4) is 0 Å². The summed E-state index contributed by atoms with van der Waals surface area (Å²) in [5.74, 6) is -4.82. The fourth-order valence-corrected chi connectivity index (χ4v) is 5.17.